The molecule has 2 aromatic heterocycles. The first-order valence-electron chi connectivity index (χ1n) is 9.55. The van der Waals surface area contributed by atoms with Crippen LogP contribution in [0.5, 0.6) is 0 Å². The summed E-state index contributed by atoms with van der Waals surface area (Å²) in [4.78, 5) is 28.9. The average molecular weight is 376 g/mol. The molecule has 1 aliphatic carbocycles. The monoisotopic (exact) mass is 376 g/mol. The minimum atomic E-state index is -0.234. The Morgan fingerprint density at radius 1 is 1.29 bits per heavy atom. The fourth-order valence-electron chi connectivity index (χ4n) is 3.24. The van der Waals surface area contributed by atoms with E-state index >= 15 is 0 Å². The number of H-pyrrole nitrogens is 1. The average Bonchev–Trinajstić information content (AvgIpc) is 3.41. The predicted octanol–water partition coefficient (Wildman–Crippen LogP) is 3.14. The van der Waals surface area contributed by atoms with Gasteiger partial charge in [-0.2, -0.15) is 0 Å². The standard InChI is InChI=1S/C21H24N6O/c1-13-4-3-5-15(10-13)17(26-21(28)20-23-8-9-24-20)11-16-12-18(22-2)27-19(25-16)14-6-7-14/h3-5,8-10,12,14,17H,6-7,11H2,1-2H3,(H,23,24)(H,26,28)(H,22,25,27)/t17-/m0/s1. The molecule has 1 amide bonds. The zero-order chi connectivity index (χ0) is 19.5. The Morgan fingerprint density at radius 3 is 2.82 bits per heavy atom. The fraction of sp³-hybridized carbons (Fsp3) is 0.333. The molecule has 2 heterocycles. The van der Waals surface area contributed by atoms with Crippen LogP contribution in [0.15, 0.2) is 42.7 Å². The second-order valence-electron chi connectivity index (χ2n) is 7.21. The van der Waals surface area contributed by atoms with Gasteiger partial charge in [-0.25, -0.2) is 15.0 Å². The van der Waals surface area contributed by atoms with E-state index in [1.807, 2.05) is 38.2 Å². The molecule has 0 aliphatic heterocycles. The van der Waals surface area contributed by atoms with E-state index in [0.717, 1.165) is 41.3 Å². The summed E-state index contributed by atoms with van der Waals surface area (Å²) < 4.78 is 0. The fourth-order valence-corrected chi connectivity index (χ4v) is 3.24. The number of carbonyl (C=O) groups excluding carboxylic acids is 1. The van der Waals surface area contributed by atoms with Crippen molar-refractivity contribution < 1.29 is 4.79 Å². The van der Waals surface area contributed by atoms with Crippen molar-refractivity contribution in [2.75, 3.05) is 12.4 Å². The summed E-state index contributed by atoms with van der Waals surface area (Å²) >= 11 is 0. The van der Waals surface area contributed by atoms with Gasteiger partial charge in [-0.15, -0.1) is 0 Å². The number of benzene rings is 1. The van der Waals surface area contributed by atoms with Crippen LogP contribution in [0.1, 0.15) is 58.1 Å². The maximum absolute atomic E-state index is 12.6. The Balaban J connectivity index is 1.63. The molecule has 144 valence electrons. The molecule has 28 heavy (non-hydrogen) atoms. The molecule has 7 nitrogen and oxygen atoms in total. The number of anilines is 1. The molecule has 0 unspecified atom stereocenters. The van der Waals surface area contributed by atoms with Gasteiger partial charge in [-0.05, 0) is 25.3 Å². The van der Waals surface area contributed by atoms with Gasteiger partial charge in [0.1, 0.15) is 11.6 Å². The smallest absolute Gasteiger partial charge is 0.287 e. The summed E-state index contributed by atoms with van der Waals surface area (Å²) in [5.41, 5.74) is 3.09. The number of nitrogens with zero attached hydrogens (tertiary/aromatic N) is 3. The number of hydrogen-bond acceptors (Lipinski definition) is 5. The number of rotatable bonds is 7. The molecular weight excluding hydrogens is 352 g/mol. The first-order chi connectivity index (χ1) is 13.6. The van der Waals surface area contributed by atoms with Gasteiger partial charge in [-0.1, -0.05) is 29.8 Å². The summed E-state index contributed by atoms with van der Waals surface area (Å²) in [6, 6.07) is 9.91. The zero-order valence-electron chi connectivity index (χ0n) is 16.1. The van der Waals surface area contributed by atoms with Crippen molar-refractivity contribution in [3.8, 4) is 0 Å². The molecule has 3 N–H and O–H groups in total. The number of aromatic nitrogens is 4. The van der Waals surface area contributed by atoms with Gasteiger partial charge < -0.3 is 15.6 Å². The molecule has 0 saturated heterocycles. The predicted molar refractivity (Wildman–Crippen MR) is 107 cm³/mol. The summed E-state index contributed by atoms with van der Waals surface area (Å²) in [6.45, 7) is 2.05. The van der Waals surface area contributed by atoms with Gasteiger partial charge in [0, 0.05) is 43.5 Å². The Labute approximate surface area is 164 Å². The number of amides is 1. The molecule has 4 rings (SSSR count). The minimum absolute atomic E-state index is 0.218. The maximum Gasteiger partial charge on any atom is 0.287 e. The van der Waals surface area contributed by atoms with E-state index in [2.05, 4.69) is 31.7 Å². The zero-order valence-corrected chi connectivity index (χ0v) is 16.1. The normalized spacial score (nSPS) is 14.5. The van der Waals surface area contributed by atoms with Gasteiger partial charge >= 0.3 is 0 Å². The van der Waals surface area contributed by atoms with Crippen LogP contribution in [0.4, 0.5) is 5.82 Å². The SMILES string of the molecule is CNc1cc(C[C@H](NC(=O)c2ncc[nH]2)c2cccc(C)c2)nc(C2CC2)n1. The Bertz CT molecular complexity index is 965. The Kier molecular flexibility index (Phi) is 5.06. The van der Waals surface area contributed by atoms with Crippen LogP contribution in [0, 0.1) is 6.92 Å². The van der Waals surface area contributed by atoms with Gasteiger partial charge in [0.25, 0.3) is 5.91 Å². The number of aryl methyl sites for hydroxylation is 1. The highest BCUT2D eigenvalue weighted by Crippen LogP contribution is 2.38. The lowest BCUT2D eigenvalue weighted by Gasteiger charge is -2.20. The summed E-state index contributed by atoms with van der Waals surface area (Å²) in [5, 5.41) is 6.22. The van der Waals surface area contributed by atoms with Crippen molar-refractivity contribution in [2.45, 2.75) is 38.1 Å². The van der Waals surface area contributed by atoms with E-state index in [4.69, 9.17) is 4.98 Å². The van der Waals surface area contributed by atoms with Crippen LogP contribution in [0.25, 0.3) is 0 Å². The van der Waals surface area contributed by atoms with Gasteiger partial charge in [0.2, 0.25) is 0 Å². The lowest BCUT2D eigenvalue weighted by atomic mass is 9.99. The van der Waals surface area contributed by atoms with Crippen molar-refractivity contribution in [3.63, 3.8) is 0 Å². The van der Waals surface area contributed by atoms with E-state index in [0.29, 0.717) is 18.2 Å². The van der Waals surface area contributed by atoms with E-state index in [9.17, 15) is 4.79 Å². The first-order valence-corrected chi connectivity index (χ1v) is 9.55. The minimum Gasteiger partial charge on any atom is -0.373 e. The van der Waals surface area contributed by atoms with Crippen LogP contribution in [-0.2, 0) is 6.42 Å². The molecular formula is C21H24N6O. The summed E-state index contributed by atoms with van der Waals surface area (Å²) in [6.07, 6.45) is 6.07. The lowest BCUT2D eigenvalue weighted by molar-refractivity contribution is 0.0926. The Hall–Kier alpha value is -3.22. The number of hydrogen-bond donors (Lipinski definition) is 3. The quantitative estimate of drug-likeness (QED) is 0.589. The molecule has 3 aromatic rings. The highest BCUT2D eigenvalue weighted by Gasteiger charge is 2.28. The number of nitrogens with one attached hydrogen (secondary N) is 3. The number of aromatic amines is 1. The topological polar surface area (TPSA) is 95.6 Å². The van der Waals surface area contributed by atoms with E-state index in [-0.39, 0.29) is 11.9 Å². The molecule has 1 saturated carbocycles. The number of carbonyl (C=O) groups is 1. The van der Waals surface area contributed by atoms with Crippen LogP contribution in [0.3, 0.4) is 0 Å². The van der Waals surface area contributed by atoms with Gasteiger partial charge in [0.15, 0.2) is 5.82 Å². The summed E-state index contributed by atoms with van der Waals surface area (Å²) in [5.74, 6) is 2.23. The van der Waals surface area contributed by atoms with Crippen molar-refractivity contribution in [2.24, 2.45) is 0 Å². The third-order valence-electron chi connectivity index (χ3n) is 4.87. The van der Waals surface area contributed by atoms with E-state index < -0.39 is 0 Å². The van der Waals surface area contributed by atoms with Crippen LogP contribution < -0.4 is 10.6 Å². The highest BCUT2D eigenvalue weighted by atomic mass is 16.2. The molecule has 7 heteroatoms. The Morgan fingerprint density at radius 2 is 2.14 bits per heavy atom. The lowest BCUT2D eigenvalue weighted by Crippen LogP contribution is -2.31. The molecule has 1 fully saturated rings. The van der Waals surface area contributed by atoms with Crippen molar-refractivity contribution in [3.05, 3.63) is 71.2 Å². The van der Waals surface area contributed by atoms with Crippen LogP contribution in [-0.4, -0.2) is 32.9 Å². The van der Waals surface area contributed by atoms with Gasteiger partial charge in [-0.3, -0.25) is 4.79 Å². The third kappa shape index (κ3) is 4.19. The van der Waals surface area contributed by atoms with Gasteiger partial charge in [0.05, 0.1) is 6.04 Å². The molecule has 1 aliphatic rings. The molecule has 0 radical (unpaired) electrons. The van der Waals surface area contributed by atoms with Crippen molar-refractivity contribution in [1.29, 1.82) is 0 Å². The van der Waals surface area contributed by atoms with Crippen molar-refractivity contribution in [1.82, 2.24) is 25.3 Å². The second-order valence-corrected chi connectivity index (χ2v) is 7.21. The van der Waals surface area contributed by atoms with Crippen molar-refractivity contribution >= 4 is 11.7 Å². The maximum atomic E-state index is 12.6. The van der Waals surface area contributed by atoms with Crippen LogP contribution >= 0.6 is 0 Å². The van der Waals surface area contributed by atoms with E-state index in [1.165, 1.54) is 0 Å². The molecule has 1 atom stereocenters. The molecule has 0 spiro atoms. The van der Waals surface area contributed by atoms with E-state index in [1.54, 1.807) is 12.4 Å². The number of imidazole rings is 1. The second kappa shape index (κ2) is 7.80. The first kappa shape index (κ1) is 18.2. The van der Waals surface area contributed by atoms with Crippen LogP contribution in [0.2, 0.25) is 0 Å². The largest absolute Gasteiger partial charge is 0.373 e. The molecule has 0 bridgehead atoms. The summed E-state index contributed by atoms with van der Waals surface area (Å²) in [7, 11) is 1.86. The highest BCUT2D eigenvalue weighted by molar-refractivity contribution is 5.90. The molecule has 1 aromatic carbocycles. The third-order valence-corrected chi connectivity index (χ3v) is 4.87.